The van der Waals surface area contributed by atoms with Crippen molar-refractivity contribution in [3.05, 3.63) is 298 Å². The topological polar surface area (TPSA) is 52.2 Å². The fourth-order valence-electron chi connectivity index (χ4n) is 14.7. The van der Waals surface area contributed by atoms with E-state index in [0.29, 0.717) is 49.8 Å². The Kier molecular flexibility index (Phi) is 14.5. The zero-order chi connectivity index (χ0) is 68.4. The summed E-state index contributed by atoms with van der Waals surface area (Å²) in [6.07, 6.45) is -14.6. The molecule has 16 rings (SSSR count). The lowest BCUT2D eigenvalue weighted by molar-refractivity contribution is -0.138. The van der Waals surface area contributed by atoms with Crippen LogP contribution in [0, 0.1) is 52.2 Å². The molecule has 4 aromatic heterocycles. The number of nitriles is 1. The Morgan fingerprint density at radius 2 is 0.602 bits per heavy atom. The summed E-state index contributed by atoms with van der Waals surface area (Å²) in [5, 5.41) is 17.4. The molecule has 0 fully saturated rings. The maximum atomic E-state index is 15.6. The van der Waals surface area contributed by atoms with Gasteiger partial charge in [0, 0.05) is 54.2 Å². The van der Waals surface area contributed by atoms with Gasteiger partial charge in [-0.05, 0) is 110 Å². The predicted octanol–water partition coefficient (Wildman–Crippen LogP) is 24.4. The van der Waals surface area contributed by atoms with Crippen LogP contribution >= 0.6 is 0 Å². The molecule has 7 nitrogen and oxygen atoms in total. The lowest BCUT2D eigenvalue weighted by atomic mass is 9.93. The van der Waals surface area contributed by atoms with E-state index in [1.54, 1.807) is 66.1 Å². The SMILES string of the molecule is [C-]#[N+]c1cccc(C(F)(F)F)c1-c1cc(-n2c3ccccc3c3cccc(C)c32)c(C#N)cc1-n1c2ccccc2c2cccc(C)c21.[C-]#[N+]c1cccc(C(F)(F)F)c1-c1cc(-n2c3ccccc3c3cccc(C)c32)c(C(F)(F)F)cc1-n1c2ccccc2c2cccc(C)c21. The minimum Gasteiger partial charge on any atom is -0.308 e. The van der Waals surface area contributed by atoms with Crippen LogP contribution in [0.15, 0.2) is 231 Å². The van der Waals surface area contributed by atoms with Gasteiger partial charge in [0.2, 0.25) is 0 Å². The van der Waals surface area contributed by atoms with Crippen LogP contribution in [-0.2, 0) is 18.5 Å². The molecule has 0 spiro atoms. The van der Waals surface area contributed by atoms with Crippen molar-refractivity contribution in [2.75, 3.05) is 0 Å². The third kappa shape index (κ3) is 9.63. The summed E-state index contributed by atoms with van der Waals surface area (Å²) in [6, 6.07) is 67.3. The Morgan fingerprint density at radius 3 is 0.929 bits per heavy atom. The molecule has 4 heterocycles. The molecule has 0 aliphatic rings. The number of rotatable bonds is 6. The Labute approximate surface area is 554 Å². The molecule has 476 valence electrons. The van der Waals surface area contributed by atoms with Crippen LogP contribution in [0.2, 0.25) is 0 Å². The van der Waals surface area contributed by atoms with Crippen molar-refractivity contribution in [3.63, 3.8) is 0 Å². The van der Waals surface area contributed by atoms with E-state index in [9.17, 15) is 31.6 Å². The molecular weight excluding hydrogens is 1250 g/mol. The second-order valence-electron chi connectivity index (χ2n) is 24.3. The van der Waals surface area contributed by atoms with E-state index in [2.05, 4.69) is 15.8 Å². The van der Waals surface area contributed by atoms with Crippen LogP contribution < -0.4 is 0 Å². The number of aromatic nitrogens is 4. The van der Waals surface area contributed by atoms with Gasteiger partial charge in [-0.1, -0.05) is 182 Å². The maximum absolute atomic E-state index is 15.6. The summed E-state index contributed by atoms with van der Waals surface area (Å²) in [5.41, 5.74) is 5.03. The Balaban J connectivity index is 0.000000160. The van der Waals surface area contributed by atoms with Crippen molar-refractivity contribution in [2.45, 2.75) is 46.2 Å². The second-order valence-corrected chi connectivity index (χ2v) is 24.3. The number of nitrogens with zero attached hydrogens (tertiary/aromatic N) is 7. The molecular formula is C82H50F9N7. The van der Waals surface area contributed by atoms with E-state index < -0.39 is 40.8 Å². The number of hydrogen-bond donors (Lipinski definition) is 0. The average Bonchev–Trinajstić information content (AvgIpc) is 1.50. The van der Waals surface area contributed by atoms with Gasteiger partial charge >= 0.3 is 18.5 Å². The monoisotopic (exact) mass is 1300 g/mol. The molecule has 12 aromatic carbocycles. The number of aryl methyl sites for hydroxylation is 4. The molecule has 0 aliphatic carbocycles. The number of alkyl halides is 9. The first-order chi connectivity index (χ1) is 47.1. The quantitative estimate of drug-likeness (QED) is 0.121. The first kappa shape index (κ1) is 61.8. The van der Waals surface area contributed by atoms with Gasteiger partial charge in [0.15, 0.2) is 11.4 Å². The van der Waals surface area contributed by atoms with Gasteiger partial charge in [0.05, 0.1) is 102 Å². The zero-order valence-electron chi connectivity index (χ0n) is 52.5. The van der Waals surface area contributed by atoms with E-state index in [0.717, 1.165) is 95.3 Å². The third-order valence-electron chi connectivity index (χ3n) is 18.7. The Bertz CT molecular complexity index is 6190. The van der Waals surface area contributed by atoms with E-state index in [4.69, 9.17) is 13.1 Å². The van der Waals surface area contributed by atoms with Crippen LogP contribution in [0.1, 0.15) is 44.5 Å². The molecule has 0 bridgehead atoms. The van der Waals surface area contributed by atoms with Crippen LogP contribution in [-0.4, -0.2) is 18.3 Å². The van der Waals surface area contributed by atoms with Crippen molar-refractivity contribution < 1.29 is 39.5 Å². The van der Waals surface area contributed by atoms with Gasteiger partial charge in [-0.3, -0.25) is 0 Å². The number of halogens is 9. The van der Waals surface area contributed by atoms with Crippen LogP contribution in [0.25, 0.3) is 142 Å². The van der Waals surface area contributed by atoms with Gasteiger partial charge in [-0.15, -0.1) is 0 Å². The Hall–Kier alpha value is -12.3. The average molecular weight is 1300 g/mol. The van der Waals surface area contributed by atoms with E-state index >= 15 is 13.2 Å². The van der Waals surface area contributed by atoms with Crippen molar-refractivity contribution in [3.8, 4) is 51.1 Å². The maximum Gasteiger partial charge on any atom is 0.418 e. The summed E-state index contributed by atoms with van der Waals surface area (Å²) in [5.74, 6) is 0. The highest BCUT2D eigenvalue weighted by atomic mass is 19.4. The van der Waals surface area contributed by atoms with Crippen molar-refractivity contribution >= 4 is 98.6 Å². The van der Waals surface area contributed by atoms with Crippen LogP contribution in [0.3, 0.4) is 0 Å². The Morgan fingerprint density at radius 1 is 0.316 bits per heavy atom. The normalized spacial score (nSPS) is 12.1. The predicted molar refractivity (Wildman–Crippen MR) is 372 cm³/mol. The molecule has 98 heavy (non-hydrogen) atoms. The van der Waals surface area contributed by atoms with Gasteiger partial charge in [0.25, 0.3) is 0 Å². The molecule has 0 aliphatic heterocycles. The van der Waals surface area contributed by atoms with Gasteiger partial charge < -0.3 is 18.3 Å². The zero-order valence-corrected chi connectivity index (χ0v) is 52.5. The van der Waals surface area contributed by atoms with Crippen molar-refractivity contribution in [1.29, 1.82) is 5.26 Å². The molecule has 16 heteroatoms. The number of benzene rings is 12. The van der Waals surface area contributed by atoms with Crippen molar-refractivity contribution in [1.82, 2.24) is 18.3 Å². The summed E-state index contributed by atoms with van der Waals surface area (Å²) in [7, 11) is 0. The summed E-state index contributed by atoms with van der Waals surface area (Å²) in [4.78, 5) is 7.08. The fourth-order valence-corrected chi connectivity index (χ4v) is 14.7. The molecule has 16 aromatic rings. The molecule has 0 unspecified atom stereocenters. The number of fused-ring (bicyclic) bond motifs is 12. The highest BCUT2D eigenvalue weighted by molar-refractivity contribution is 6.15. The minimum absolute atomic E-state index is 0.124. The largest absolute Gasteiger partial charge is 0.418 e. The van der Waals surface area contributed by atoms with E-state index in [-0.39, 0.29) is 45.0 Å². The lowest BCUT2D eigenvalue weighted by Crippen LogP contribution is -2.14. The molecule has 0 atom stereocenters. The third-order valence-corrected chi connectivity index (χ3v) is 18.7. The summed E-state index contributed by atoms with van der Waals surface area (Å²) in [6.45, 7) is 23.5. The molecule has 0 saturated heterocycles. The van der Waals surface area contributed by atoms with E-state index in [1.165, 1.54) is 28.8 Å². The summed E-state index contributed by atoms with van der Waals surface area (Å²) >= 11 is 0. The van der Waals surface area contributed by atoms with Crippen LogP contribution in [0.4, 0.5) is 50.9 Å². The molecule has 0 N–H and O–H groups in total. The molecule has 0 amide bonds. The minimum atomic E-state index is -4.93. The standard InChI is InChI=1S/C41H25F6N3.C41H25F3N4/c1-23-11-8-15-27-25-13-4-6-19-33(25)49(38(23)27)35-22-31(41(45,46)47)36(21-29(35)37-30(40(42,43)44)17-10-18-32(37)48-3)50-34-20-7-5-14-26(34)28-16-9-12-24(2)39(28)50;1-24-11-8-15-29-27-13-4-6-19-34(27)47(39(24)29)36-22-31(38-32(41(42,43)44)17-10-18-33(38)46-3)37(21-26(36)23-45)48-35-20-7-5-14-28(35)30-16-9-12-25(2)40(30)48/h4-22H,1-2H3;4-22H,1-2H3. The first-order valence-electron chi connectivity index (χ1n) is 31.1. The highest BCUT2D eigenvalue weighted by Gasteiger charge is 2.41. The lowest BCUT2D eigenvalue weighted by Gasteiger charge is -2.24. The van der Waals surface area contributed by atoms with Gasteiger partial charge in [-0.2, -0.15) is 44.8 Å². The van der Waals surface area contributed by atoms with Gasteiger partial charge in [-0.25, -0.2) is 9.69 Å². The number of hydrogen-bond acceptors (Lipinski definition) is 1. The second kappa shape index (κ2) is 23.0. The van der Waals surface area contributed by atoms with Crippen LogP contribution in [0.5, 0.6) is 0 Å². The molecule has 0 saturated carbocycles. The highest BCUT2D eigenvalue weighted by Crippen LogP contribution is 2.52. The van der Waals surface area contributed by atoms with Gasteiger partial charge in [0.1, 0.15) is 6.07 Å². The van der Waals surface area contributed by atoms with E-state index in [1.807, 2.05) is 157 Å². The molecule has 0 radical (unpaired) electrons. The number of para-hydroxylation sites is 8. The summed E-state index contributed by atoms with van der Waals surface area (Å²) < 4.78 is 143. The first-order valence-corrected chi connectivity index (χ1v) is 31.1. The van der Waals surface area contributed by atoms with Crippen molar-refractivity contribution in [2.24, 2.45) is 0 Å². The fraction of sp³-hybridized carbons (Fsp3) is 0.0854. The smallest absolute Gasteiger partial charge is 0.308 e.